The number of carbonyl (C=O) groups excluding carboxylic acids is 1. The highest BCUT2D eigenvalue weighted by atomic mass is 35.5. The van der Waals surface area contributed by atoms with Crippen molar-refractivity contribution in [1.82, 2.24) is 5.32 Å². The van der Waals surface area contributed by atoms with E-state index >= 15 is 0 Å². The number of amides is 1. The first-order valence-electron chi connectivity index (χ1n) is 8.78. The highest BCUT2D eigenvalue weighted by molar-refractivity contribution is 7.16. The number of carbonyl (C=O) groups is 1. The molecule has 0 radical (unpaired) electrons. The van der Waals surface area contributed by atoms with Crippen molar-refractivity contribution in [2.45, 2.75) is 26.1 Å². The Morgan fingerprint density at radius 3 is 2.92 bits per heavy atom. The third-order valence-corrected chi connectivity index (χ3v) is 6.80. The Morgan fingerprint density at radius 2 is 2.12 bits per heavy atom. The summed E-state index contributed by atoms with van der Waals surface area (Å²) < 4.78 is 10.8. The van der Waals surface area contributed by atoms with Crippen molar-refractivity contribution in [2.75, 3.05) is 25.2 Å². The monoisotopic (exact) mass is 392 g/mol. The van der Waals surface area contributed by atoms with Crippen molar-refractivity contribution in [3.8, 4) is 11.5 Å². The van der Waals surface area contributed by atoms with Crippen LogP contribution < -0.4 is 25.0 Å². The summed E-state index contributed by atoms with van der Waals surface area (Å²) in [5.41, 5.74) is 2.80. The number of hydrogen-bond donors (Lipinski definition) is 3. The van der Waals surface area contributed by atoms with Crippen molar-refractivity contribution in [1.29, 1.82) is 0 Å². The minimum atomic E-state index is -0.383. The number of ether oxygens (including phenoxy) is 2. The maximum atomic E-state index is 12.8. The number of nitrogens with one attached hydrogen (secondary N) is 3. The molecule has 1 aromatic heterocycles. The molecule has 0 fully saturated rings. The van der Waals surface area contributed by atoms with Gasteiger partial charge in [-0.25, -0.2) is 0 Å². The Bertz CT molecular complexity index is 914. The van der Waals surface area contributed by atoms with E-state index in [1.807, 2.05) is 6.07 Å². The van der Waals surface area contributed by atoms with Gasteiger partial charge >= 0.3 is 0 Å². The lowest BCUT2D eigenvalue weighted by molar-refractivity contribution is -0.913. The largest absolute Gasteiger partial charge is 0.454 e. The normalized spacial score (nSPS) is 23.1. The van der Waals surface area contributed by atoms with Gasteiger partial charge in [0.25, 0.3) is 5.91 Å². The number of rotatable bonds is 2. The predicted octanol–water partition coefficient (Wildman–Crippen LogP) is 1.95. The molecular weight excluding hydrogens is 374 g/mol. The fraction of sp³-hybridized carbons (Fsp3) is 0.389. The minimum absolute atomic E-state index is 0.0325. The molecule has 3 aliphatic heterocycles. The quantitative estimate of drug-likeness (QED) is 0.731. The average molecular weight is 393 g/mol. The van der Waals surface area contributed by atoms with Crippen LogP contribution in [0.5, 0.6) is 11.5 Å². The number of fused-ring (bicyclic) bond motifs is 4. The van der Waals surface area contributed by atoms with Crippen LogP contribution >= 0.6 is 22.9 Å². The average Bonchev–Trinajstić information content (AvgIpc) is 3.23. The number of thiophene rings is 1. The third-order valence-electron chi connectivity index (χ3n) is 5.31. The van der Waals surface area contributed by atoms with Gasteiger partial charge in [0.15, 0.2) is 11.5 Å². The molecular formula is C18H19ClN3O3S+. The van der Waals surface area contributed by atoms with Crippen LogP contribution in [0.2, 0.25) is 5.02 Å². The van der Waals surface area contributed by atoms with Gasteiger partial charge < -0.3 is 25.0 Å². The van der Waals surface area contributed by atoms with Gasteiger partial charge in [-0.2, -0.15) is 0 Å². The second-order valence-corrected chi connectivity index (χ2v) is 8.28. The fourth-order valence-electron chi connectivity index (χ4n) is 3.86. The van der Waals surface area contributed by atoms with Crippen LogP contribution in [-0.2, 0) is 13.0 Å². The Hall–Kier alpha value is -1.96. The van der Waals surface area contributed by atoms with Crippen molar-refractivity contribution >= 4 is 33.8 Å². The Kier molecular flexibility index (Phi) is 3.77. The molecule has 0 saturated carbocycles. The van der Waals surface area contributed by atoms with Crippen molar-refractivity contribution in [2.24, 2.45) is 0 Å². The van der Waals surface area contributed by atoms with Crippen LogP contribution in [0.15, 0.2) is 12.1 Å². The smallest absolute Gasteiger partial charge is 0.256 e. The first-order valence-corrected chi connectivity index (χ1v) is 9.98. The number of likely N-dealkylation sites (N-methyl/N-ethyl adjacent to an activating group) is 1. The summed E-state index contributed by atoms with van der Waals surface area (Å²) in [6, 6.07) is 3.58. The fourth-order valence-corrected chi connectivity index (χ4v) is 5.47. The van der Waals surface area contributed by atoms with E-state index in [-0.39, 0.29) is 18.9 Å². The minimum Gasteiger partial charge on any atom is -0.454 e. The number of halogens is 1. The molecule has 0 saturated heterocycles. The van der Waals surface area contributed by atoms with Gasteiger partial charge in [-0.05, 0) is 18.6 Å². The summed E-state index contributed by atoms with van der Waals surface area (Å²) in [5, 5.41) is 7.99. The van der Waals surface area contributed by atoms with Crippen LogP contribution in [0.3, 0.4) is 0 Å². The van der Waals surface area contributed by atoms with Gasteiger partial charge in [-0.1, -0.05) is 11.6 Å². The first-order chi connectivity index (χ1) is 12.6. The topological polar surface area (TPSA) is 64.0 Å². The highest BCUT2D eigenvalue weighted by Crippen LogP contribution is 2.43. The van der Waals surface area contributed by atoms with Gasteiger partial charge in [0, 0.05) is 18.1 Å². The van der Waals surface area contributed by atoms with E-state index in [2.05, 4.69) is 17.6 Å². The molecule has 1 amide bonds. The van der Waals surface area contributed by atoms with Crippen molar-refractivity contribution < 1.29 is 19.2 Å². The van der Waals surface area contributed by atoms with Gasteiger partial charge in [0.05, 0.1) is 28.6 Å². The van der Waals surface area contributed by atoms with E-state index < -0.39 is 0 Å². The van der Waals surface area contributed by atoms with Crippen LogP contribution in [-0.4, -0.2) is 25.8 Å². The number of hydrogen-bond acceptors (Lipinski definition) is 5. The molecule has 26 heavy (non-hydrogen) atoms. The van der Waals surface area contributed by atoms with Crippen LogP contribution in [0.1, 0.15) is 39.5 Å². The summed E-state index contributed by atoms with van der Waals surface area (Å²) in [6.07, 6.45) is 0.571. The number of benzene rings is 1. The van der Waals surface area contributed by atoms with Gasteiger partial charge in [-0.3, -0.25) is 4.79 Å². The second kappa shape index (κ2) is 6.04. The van der Waals surface area contributed by atoms with E-state index in [9.17, 15) is 4.79 Å². The maximum Gasteiger partial charge on any atom is 0.256 e. The summed E-state index contributed by atoms with van der Waals surface area (Å²) >= 11 is 8.13. The predicted molar refractivity (Wildman–Crippen MR) is 99.5 cm³/mol. The first kappa shape index (κ1) is 16.2. The zero-order valence-electron chi connectivity index (χ0n) is 14.3. The van der Waals surface area contributed by atoms with E-state index in [4.69, 9.17) is 21.1 Å². The van der Waals surface area contributed by atoms with E-state index in [0.29, 0.717) is 16.5 Å². The second-order valence-electron chi connectivity index (χ2n) is 6.77. The Morgan fingerprint density at radius 1 is 1.31 bits per heavy atom. The van der Waals surface area contributed by atoms with E-state index in [1.165, 1.54) is 10.4 Å². The maximum absolute atomic E-state index is 12.8. The molecule has 3 aliphatic rings. The van der Waals surface area contributed by atoms with Gasteiger partial charge in [-0.15, -0.1) is 11.3 Å². The SMILES string of the molecule is CC[NH+]1CCc2c(sc3c2C(=O)N[C@@H](c2cc4c(cc2Cl)OCO4)N3)C1. The molecule has 5 rings (SSSR count). The third kappa shape index (κ3) is 2.46. The molecule has 136 valence electrons. The van der Waals surface area contributed by atoms with Crippen LogP contribution in [0.4, 0.5) is 5.00 Å². The highest BCUT2D eigenvalue weighted by Gasteiger charge is 2.35. The molecule has 2 aromatic rings. The van der Waals surface area contributed by atoms with Gasteiger partial charge in [0.1, 0.15) is 17.7 Å². The van der Waals surface area contributed by atoms with Crippen molar-refractivity contribution in [3.63, 3.8) is 0 Å². The standard InChI is InChI=1S/C18H18ClN3O3S/c1-2-22-4-3-9-14(7-22)26-18-15(9)17(23)20-16(21-18)10-5-12-13(6-11(10)19)25-8-24-12/h5-6,16,21H,2-4,7-8H2,1H3,(H,20,23)/p+1/t16-/m1/s1. The number of anilines is 1. The molecule has 0 aliphatic carbocycles. The zero-order valence-corrected chi connectivity index (χ0v) is 15.9. The Balaban J connectivity index is 1.50. The molecule has 0 bridgehead atoms. The van der Waals surface area contributed by atoms with E-state index in [1.54, 1.807) is 22.3 Å². The van der Waals surface area contributed by atoms with Crippen molar-refractivity contribution in [3.05, 3.63) is 38.7 Å². The molecule has 1 aromatic carbocycles. The zero-order chi connectivity index (χ0) is 17.8. The molecule has 0 spiro atoms. The lowest BCUT2D eigenvalue weighted by atomic mass is 10.00. The van der Waals surface area contributed by atoms with E-state index in [0.717, 1.165) is 42.2 Å². The molecule has 2 atom stereocenters. The van der Waals surface area contributed by atoms with Gasteiger partial charge in [0.2, 0.25) is 6.79 Å². The summed E-state index contributed by atoms with van der Waals surface area (Å²) in [5.74, 6) is 1.25. The molecule has 6 nitrogen and oxygen atoms in total. The molecule has 4 heterocycles. The molecule has 3 N–H and O–H groups in total. The van der Waals surface area contributed by atoms with Crippen LogP contribution in [0, 0.1) is 0 Å². The summed E-state index contributed by atoms with van der Waals surface area (Å²) in [7, 11) is 0. The number of quaternary nitrogens is 1. The molecule has 1 unspecified atom stereocenters. The lowest BCUT2D eigenvalue weighted by Crippen LogP contribution is -3.11. The Labute approximate surface area is 160 Å². The summed E-state index contributed by atoms with van der Waals surface area (Å²) in [4.78, 5) is 15.7. The molecule has 8 heteroatoms. The van der Waals surface area contributed by atoms with Crippen LogP contribution in [0.25, 0.3) is 0 Å². The summed E-state index contributed by atoms with van der Waals surface area (Å²) in [6.45, 7) is 5.58. The lowest BCUT2D eigenvalue weighted by Gasteiger charge is -2.28.